The topological polar surface area (TPSA) is 38.8 Å². The number of hydrogen-bond donors (Lipinski definition) is 0. The molecule has 0 radical (unpaired) electrons. The molecule has 0 saturated carbocycles. The average Bonchev–Trinajstić information content (AvgIpc) is 2.57. The SMILES string of the molecule is CCOC(=O)C(F)(F)c1cccc(OCCN2CCC(F)(F)CC2)c1. The Labute approximate surface area is 143 Å². The fraction of sp³-hybridized carbons (Fsp3) is 0.588. The monoisotopic (exact) mass is 363 g/mol. The van der Waals surface area contributed by atoms with Crippen molar-refractivity contribution in [3.05, 3.63) is 29.8 Å². The molecule has 1 aliphatic rings. The number of halogens is 4. The van der Waals surface area contributed by atoms with Gasteiger partial charge in [0.1, 0.15) is 12.4 Å². The van der Waals surface area contributed by atoms with Gasteiger partial charge in [-0.2, -0.15) is 8.78 Å². The van der Waals surface area contributed by atoms with Crippen LogP contribution in [0, 0.1) is 0 Å². The summed E-state index contributed by atoms with van der Waals surface area (Å²) in [5.41, 5.74) is -0.513. The molecule has 0 amide bonds. The van der Waals surface area contributed by atoms with E-state index < -0.39 is 23.4 Å². The van der Waals surface area contributed by atoms with Crippen molar-refractivity contribution in [1.29, 1.82) is 0 Å². The molecule has 4 nitrogen and oxygen atoms in total. The highest BCUT2D eigenvalue weighted by atomic mass is 19.3. The molecule has 1 fully saturated rings. The first-order valence-electron chi connectivity index (χ1n) is 8.13. The van der Waals surface area contributed by atoms with Crippen molar-refractivity contribution in [3.8, 4) is 5.75 Å². The number of carbonyl (C=O) groups excluding carboxylic acids is 1. The molecule has 0 aliphatic carbocycles. The lowest BCUT2D eigenvalue weighted by molar-refractivity contribution is -0.173. The van der Waals surface area contributed by atoms with Crippen LogP contribution in [-0.2, 0) is 15.5 Å². The van der Waals surface area contributed by atoms with Crippen molar-refractivity contribution in [3.63, 3.8) is 0 Å². The Morgan fingerprint density at radius 3 is 2.60 bits per heavy atom. The summed E-state index contributed by atoms with van der Waals surface area (Å²) in [5, 5.41) is 0. The van der Waals surface area contributed by atoms with E-state index in [1.165, 1.54) is 19.1 Å². The van der Waals surface area contributed by atoms with E-state index in [1.807, 2.05) is 4.90 Å². The third-order valence-corrected chi connectivity index (χ3v) is 3.99. The molecular formula is C17H21F4NO3. The second-order valence-corrected chi connectivity index (χ2v) is 5.87. The quantitative estimate of drug-likeness (QED) is 0.549. The molecule has 8 heteroatoms. The zero-order valence-electron chi connectivity index (χ0n) is 13.9. The first kappa shape index (κ1) is 19.5. The van der Waals surface area contributed by atoms with Crippen LogP contribution in [0.15, 0.2) is 24.3 Å². The molecule has 1 aromatic rings. The van der Waals surface area contributed by atoms with Crippen LogP contribution >= 0.6 is 0 Å². The van der Waals surface area contributed by atoms with Crippen molar-refractivity contribution < 1.29 is 31.8 Å². The highest BCUT2D eigenvalue weighted by Gasteiger charge is 2.42. The van der Waals surface area contributed by atoms with Gasteiger partial charge in [-0.1, -0.05) is 12.1 Å². The van der Waals surface area contributed by atoms with Crippen molar-refractivity contribution in [1.82, 2.24) is 4.90 Å². The van der Waals surface area contributed by atoms with E-state index in [9.17, 15) is 22.4 Å². The zero-order valence-corrected chi connectivity index (χ0v) is 13.9. The molecular weight excluding hydrogens is 342 g/mol. The highest BCUT2D eigenvalue weighted by molar-refractivity contribution is 5.79. The normalized spacial score (nSPS) is 18.0. The van der Waals surface area contributed by atoms with Crippen LogP contribution in [0.5, 0.6) is 5.75 Å². The maximum Gasteiger partial charge on any atom is 0.381 e. The molecule has 1 aliphatic heterocycles. The van der Waals surface area contributed by atoms with E-state index >= 15 is 0 Å². The fourth-order valence-electron chi connectivity index (χ4n) is 2.52. The molecule has 1 heterocycles. The van der Waals surface area contributed by atoms with E-state index in [4.69, 9.17) is 4.74 Å². The Morgan fingerprint density at radius 1 is 1.28 bits per heavy atom. The van der Waals surface area contributed by atoms with Gasteiger partial charge in [0, 0.05) is 38.0 Å². The molecule has 0 aromatic heterocycles. The molecule has 0 bridgehead atoms. The van der Waals surface area contributed by atoms with Gasteiger partial charge in [0.25, 0.3) is 5.92 Å². The molecule has 140 valence electrons. The third-order valence-electron chi connectivity index (χ3n) is 3.99. The van der Waals surface area contributed by atoms with Crippen LogP contribution in [0.3, 0.4) is 0 Å². The number of piperidine rings is 1. The van der Waals surface area contributed by atoms with Crippen LogP contribution in [0.25, 0.3) is 0 Å². The maximum absolute atomic E-state index is 14.0. The van der Waals surface area contributed by atoms with E-state index in [-0.39, 0.29) is 44.9 Å². The summed E-state index contributed by atoms with van der Waals surface area (Å²) in [4.78, 5) is 13.2. The molecule has 1 saturated heterocycles. The minimum absolute atomic E-state index is 0.139. The van der Waals surface area contributed by atoms with Crippen LogP contribution in [0.2, 0.25) is 0 Å². The van der Waals surface area contributed by atoms with Gasteiger partial charge in [-0.15, -0.1) is 0 Å². The van der Waals surface area contributed by atoms with Gasteiger partial charge < -0.3 is 9.47 Å². The van der Waals surface area contributed by atoms with Crippen LogP contribution in [-0.4, -0.2) is 49.6 Å². The van der Waals surface area contributed by atoms with Gasteiger partial charge in [0.2, 0.25) is 0 Å². The summed E-state index contributed by atoms with van der Waals surface area (Å²) in [5.74, 6) is -7.79. The largest absolute Gasteiger partial charge is 0.492 e. The van der Waals surface area contributed by atoms with Crippen molar-refractivity contribution in [2.24, 2.45) is 0 Å². The van der Waals surface area contributed by atoms with Gasteiger partial charge >= 0.3 is 11.9 Å². The number of rotatable bonds is 7. The Kier molecular flexibility index (Phi) is 6.26. The van der Waals surface area contributed by atoms with Gasteiger partial charge in [-0.05, 0) is 19.1 Å². The first-order chi connectivity index (χ1) is 11.7. The molecule has 0 unspecified atom stereocenters. The molecule has 1 aromatic carbocycles. The van der Waals surface area contributed by atoms with Crippen LogP contribution in [0.1, 0.15) is 25.3 Å². The predicted octanol–water partition coefficient (Wildman–Crippen LogP) is 3.45. The van der Waals surface area contributed by atoms with Crippen molar-refractivity contribution >= 4 is 5.97 Å². The number of hydrogen-bond acceptors (Lipinski definition) is 4. The number of likely N-dealkylation sites (tertiary alicyclic amines) is 1. The van der Waals surface area contributed by atoms with Gasteiger partial charge in [-0.3, -0.25) is 4.90 Å². The van der Waals surface area contributed by atoms with Gasteiger partial charge in [-0.25, -0.2) is 13.6 Å². The number of esters is 1. The molecule has 2 rings (SSSR count). The summed E-state index contributed by atoms with van der Waals surface area (Å²) >= 11 is 0. The van der Waals surface area contributed by atoms with Crippen LogP contribution in [0.4, 0.5) is 17.6 Å². The van der Waals surface area contributed by atoms with Crippen LogP contribution < -0.4 is 4.74 Å². The molecule has 0 atom stereocenters. The van der Waals surface area contributed by atoms with E-state index in [2.05, 4.69) is 4.74 Å². The van der Waals surface area contributed by atoms with Gasteiger partial charge in [0.05, 0.1) is 6.61 Å². The minimum Gasteiger partial charge on any atom is -0.492 e. The molecule has 25 heavy (non-hydrogen) atoms. The van der Waals surface area contributed by atoms with Crippen molar-refractivity contribution in [2.45, 2.75) is 31.6 Å². The van der Waals surface area contributed by atoms with Gasteiger partial charge in [0.15, 0.2) is 0 Å². The zero-order chi connectivity index (χ0) is 18.5. The van der Waals surface area contributed by atoms with E-state index in [1.54, 1.807) is 0 Å². The summed E-state index contributed by atoms with van der Waals surface area (Å²) in [6, 6.07) is 5.06. The Balaban J connectivity index is 1.88. The number of ether oxygens (including phenoxy) is 2. The lowest BCUT2D eigenvalue weighted by Crippen LogP contribution is -2.41. The van der Waals surface area contributed by atoms with E-state index in [0.717, 1.165) is 12.1 Å². The fourth-order valence-corrected chi connectivity index (χ4v) is 2.52. The average molecular weight is 363 g/mol. The summed E-state index contributed by atoms with van der Waals surface area (Å²) in [6.07, 6.45) is -0.373. The molecule has 0 spiro atoms. The summed E-state index contributed by atoms with van der Waals surface area (Å²) in [7, 11) is 0. The Bertz CT molecular complexity index is 585. The first-order valence-corrected chi connectivity index (χ1v) is 8.13. The van der Waals surface area contributed by atoms with E-state index in [0.29, 0.717) is 6.54 Å². The number of benzene rings is 1. The smallest absolute Gasteiger partial charge is 0.381 e. The lowest BCUT2D eigenvalue weighted by Gasteiger charge is -2.31. The Morgan fingerprint density at radius 2 is 1.96 bits per heavy atom. The minimum atomic E-state index is -3.76. The Hall–Kier alpha value is -1.83. The predicted molar refractivity (Wildman–Crippen MR) is 83.1 cm³/mol. The molecule has 0 N–H and O–H groups in total. The number of carbonyl (C=O) groups is 1. The third kappa shape index (κ3) is 5.32. The second-order valence-electron chi connectivity index (χ2n) is 5.87. The standard InChI is InChI=1S/C17H21F4NO3/c1-2-24-15(23)17(20,21)13-4-3-5-14(12-13)25-11-10-22-8-6-16(18,19)7-9-22/h3-5,12H,2,6-11H2,1H3. The summed E-state index contributed by atoms with van der Waals surface area (Å²) in [6.45, 7) is 2.46. The summed E-state index contributed by atoms with van der Waals surface area (Å²) < 4.78 is 63.9. The second kappa shape index (κ2) is 8.03. The number of alkyl halides is 4. The number of nitrogens with zero attached hydrogens (tertiary/aromatic N) is 1. The highest BCUT2D eigenvalue weighted by Crippen LogP contribution is 2.32. The lowest BCUT2D eigenvalue weighted by atomic mass is 10.1. The maximum atomic E-state index is 14.0. The van der Waals surface area contributed by atoms with Crippen molar-refractivity contribution in [2.75, 3.05) is 32.8 Å².